The fraction of sp³-hybridized carbons (Fsp3) is 0.333. The van der Waals surface area contributed by atoms with Crippen LogP contribution in [0.15, 0.2) is 18.2 Å². The highest BCUT2D eigenvalue weighted by molar-refractivity contribution is 6.24. The zero-order valence-corrected chi connectivity index (χ0v) is 10.4. The number of benzene rings is 1. The molecule has 0 aliphatic carbocycles. The third kappa shape index (κ3) is 2.31. The molecule has 96 valence electrons. The molecular formula is C12H11ClFNO3. The number of ether oxygens (including phenoxy) is 1. The van der Waals surface area contributed by atoms with Gasteiger partial charge in [0.25, 0.3) is 0 Å². The van der Waals surface area contributed by atoms with Crippen LogP contribution in [0, 0.1) is 5.82 Å². The summed E-state index contributed by atoms with van der Waals surface area (Å²) in [6.07, 6.45) is 0.170. The molecule has 1 heterocycles. The second-order valence-corrected chi connectivity index (χ2v) is 4.58. The molecule has 1 fully saturated rings. The van der Waals surface area contributed by atoms with Gasteiger partial charge in [0.2, 0.25) is 5.91 Å². The van der Waals surface area contributed by atoms with Crippen molar-refractivity contribution in [2.75, 3.05) is 18.6 Å². The average Bonchev–Trinajstić information content (AvgIpc) is 2.68. The van der Waals surface area contributed by atoms with E-state index >= 15 is 0 Å². The number of anilines is 1. The first-order chi connectivity index (χ1) is 8.52. The van der Waals surface area contributed by atoms with E-state index in [9.17, 15) is 14.0 Å². The largest absolute Gasteiger partial charge is 0.465 e. The Hall–Kier alpha value is -1.62. The summed E-state index contributed by atoms with van der Waals surface area (Å²) in [7, 11) is 1.24. The van der Waals surface area contributed by atoms with Crippen LogP contribution in [0.5, 0.6) is 0 Å². The standard InChI is InChI=1S/C12H11ClFNO3/c1-18-12(17)7-2-3-9(14)10(4-7)15-6-8(13)5-11(15)16/h2-4,8H,5-6H2,1H3. The Kier molecular flexibility index (Phi) is 3.52. The number of carbonyl (C=O) groups is 2. The van der Waals surface area contributed by atoms with E-state index in [0.717, 1.165) is 6.07 Å². The molecule has 1 aliphatic heterocycles. The van der Waals surface area contributed by atoms with Crippen LogP contribution < -0.4 is 4.90 Å². The number of methoxy groups -OCH3 is 1. The van der Waals surface area contributed by atoms with E-state index < -0.39 is 11.8 Å². The molecule has 0 saturated carbocycles. The topological polar surface area (TPSA) is 46.6 Å². The summed E-state index contributed by atoms with van der Waals surface area (Å²) >= 11 is 5.86. The predicted molar refractivity (Wildman–Crippen MR) is 64.4 cm³/mol. The van der Waals surface area contributed by atoms with Crippen LogP contribution in [0.1, 0.15) is 16.8 Å². The molecule has 1 aromatic rings. The van der Waals surface area contributed by atoms with Gasteiger partial charge in [-0.05, 0) is 18.2 Å². The molecule has 6 heteroatoms. The van der Waals surface area contributed by atoms with Crippen molar-refractivity contribution in [2.24, 2.45) is 0 Å². The second kappa shape index (κ2) is 4.94. The SMILES string of the molecule is COC(=O)c1ccc(F)c(N2CC(Cl)CC2=O)c1. The van der Waals surface area contributed by atoms with Crippen LogP contribution in [0.3, 0.4) is 0 Å². The Morgan fingerprint density at radius 1 is 1.56 bits per heavy atom. The minimum atomic E-state index is -0.578. The van der Waals surface area contributed by atoms with E-state index in [-0.39, 0.29) is 35.5 Å². The van der Waals surface area contributed by atoms with Gasteiger partial charge in [-0.25, -0.2) is 9.18 Å². The molecule has 1 unspecified atom stereocenters. The molecule has 0 aromatic heterocycles. The van der Waals surface area contributed by atoms with Gasteiger partial charge in [0.15, 0.2) is 0 Å². The van der Waals surface area contributed by atoms with Crippen LogP contribution in [0.2, 0.25) is 0 Å². The zero-order chi connectivity index (χ0) is 13.3. The van der Waals surface area contributed by atoms with Crippen molar-refractivity contribution in [3.05, 3.63) is 29.6 Å². The number of carbonyl (C=O) groups excluding carboxylic acids is 2. The summed E-state index contributed by atoms with van der Waals surface area (Å²) in [4.78, 5) is 24.3. The van der Waals surface area contributed by atoms with Crippen molar-refractivity contribution in [1.82, 2.24) is 0 Å². The number of amides is 1. The molecular weight excluding hydrogens is 261 g/mol. The molecule has 0 spiro atoms. The lowest BCUT2D eigenvalue weighted by molar-refractivity contribution is -0.117. The van der Waals surface area contributed by atoms with Crippen LogP contribution in [0.4, 0.5) is 10.1 Å². The first kappa shape index (κ1) is 12.8. The molecule has 2 rings (SSSR count). The van der Waals surface area contributed by atoms with Crippen molar-refractivity contribution in [1.29, 1.82) is 0 Å². The van der Waals surface area contributed by atoms with E-state index in [1.807, 2.05) is 0 Å². The van der Waals surface area contributed by atoms with Crippen molar-refractivity contribution in [2.45, 2.75) is 11.8 Å². The molecule has 0 N–H and O–H groups in total. The molecule has 1 aliphatic rings. The first-order valence-electron chi connectivity index (χ1n) is 5.35. The maximum absolute atomic E-state index is 13.7. The van der Waals surface area contributed by atoms with Gasteiger partial charge < -0.3 is 9.64 Å². The molecule has 0 radical (unpaired) electrons. The van der Waals surface area contributed by atoms with Gasteiger partial charge >= 0.3 is 5.97 Å². The minimum absolute atomic E-state index is 0.0612. The van der Waals surface area contributed by atoms with Crippen LogP contribution in [-0.4, -0.2) is 30.9 Å². The number of nitrogens with zero attached hydrogens (tertiary/aromatic N) is 1. The maximum Gasteiger partial charge on any atom is 0.337 e. The predicted octanol–water partition coefficient (Wildman–Crippen LogP) is 1.96. The molecule has 0 bridgehead atoms. The van der Waals surface area contributed by atoms with E-state index in [0.29, 0.717) is 0 Å². The number of alkyl halides is 1. The summed E-state index contributed by atoms with van der Waals surface area (Å²) in [6, 6.07) is 3.74. The summed E-state index contributed by atoms with van der Waals surface area (Å²) in [5, 5.41) is -0.335. The van der Waals surface area contributed by atoms with E-state index in [4.69, 9.17) is 11.6 Å². The highest BCUT2D eigenvalue weighted by atomic mass is 35.5. The Bertz CT molecular complexity index is 506. The average molecular weight is 272 g/mol. The third-order valence-electron chi connectivity index (χ3n) is 2.74. The highest BCUT2D eigenvalue weighted by Gasteiger charge is 2.31. The lowest BCUT2D eigenvalue weighted by atomic mass is 10.2. The number of halogens is 2. The van der Waals surface area contributed by atoms with E-state index in [1.165, 1.54) is 24.1 Å². The van der Waals surface area contributed by atoms with Gasteiger partial charge in [0.1, 0.15) is 5.82 Å². The summed E-state index contributed by atoms with van der Waals surface area (Å²) in [5.41, 5.74) is 0.255. The molecule has 18 heavy (non-hydrogen) atoms. The Morgan fingerprint density at radius 2 is 2.28 bits per heavy atom. The summed E-state index contributed by atoms with van der Waals surface area (Å²) in [5.74, 6) is -1.40. The molecule has 1 amide bonds. The summed E-state index contributed by atoms with van der Waals surface area (Å²) < 4.78 is 18.3. The van der Waals surface area contributed by atoms with Crippen LogP contribution >= 0.6 is 11.6 Å². The van der Waals surface area contributed by atoms with E-state index in [2.05, 4.69) is 4.74 Å². The number of hydrogen-bond acceptors (Lipinski definition) is 3. The van der Waals surface area contributed by atoms with Gasteiger partial charge in [0.05, 0.1) is 23.7 Å². The maximum atomic E-state index is 13.7. The quantitative estimate of drug-likeness (QED) is 0.610. The van der Waals surface area contributed by atoms with Crippen molar-refractivity contribution in [3.8, 4) is 0 Å². The number of rotatable bonds is 2. The van der Waals surface area contributed by atoms with Crippen LogP contribution in [-0.2, 0) is 9.53 Å². The van der Waals surface area contributed by atoms with E-state index in [1.54, 1.807) is 0 Å². The number of esters is 1. The van der Waals surface area contributed by atoms with Crippen molar-refractivity contribution < 1.29 is 18.7 Å². The third-order valence-corrected chi connectivity index (χ3v) is 3.03. The van der Waals surface area contributed by atoms with Gasteiger partial charge in [0, 0.05) is 13.0 Å². The van der Waals surface area contributed by atoms with Gasteiger partial charge in [-0.1, -0.05) is 0 Å². The Labute approximate surface area is 108 Å². The Morgan fingerprint density at radius 3 is 2.83 bits per heavy atom. The Balaban J connectivity index is 2.38. The lowest BCUT2D eigenvalue weighted by Gasteiger charge is -2.17. The fourth-order valence-electron chi connectivity index (χ4n) is 1.86. The first-order valence-corrected chi connectivity index (χ1v) is 5.79. The van der Waals surface area contributed by atoms with Gasteiger partial charge in [-0.3, -0.25) is 4.79 Å². The summed E-state index contributed by atoms with van der Waals surface area (Å²) in [6.45, 7) is 0.238. The van der Waals surface area contributed by atoms with Gasteiger partial charge in [-0.2, -0.15) is 0 Å². The zero-order valence-electron chi connectivity index (χ0n) is 9.65. The number of hydrogen-bond donors (Lipinski definition) is 0. The van der Waals surface area contributed by atoms with Gasteiger partial charge in [-0.15, -0.1) is 11.6 Å². The van der Waals surface area contributed by atoms with Crippen LogP contribution in [0.25, 0.3) is 0 Å². The van der Waals surface area contributed by atoms with Crippen molar-refractivity contribution in [3.63, 3.8) is 0 Å². The smallest absolute Gasteiger partial charge is 0.337 e. The second-order valence-electron chi connectivity index (χ2n) is 3.96. The lowest BCUT2D eigenvalue weighted by Crippen LogP contribution is -2.26. The molecule has 1 aromatic carbocycles. The normalized spacial score (nSPS) is 19.2. The van der Waals surface area contributed by atoms with Crippen molar-refractivity contribution >= 4 is 29.2 Å². The molecule has 4 nitrogen and oxygen atoms in total. The minimum Gasteiger partial charge on any atom is -0.465 e. The monoisotopic (exact) mass is 271 g/mol. The molecule has 1 saturated heterocycles. The fourth-order valence-corrected chi connectivity index (χ4v) is 2.13. The molecule has 1 atom stereocenters. The highest BCUT2D eigenvalue weighted by Crippen LogP contribution is 2.27.